The van der Waals surface area contributed by atoms with Gasteiger partial charge >= 0.3 is 5.97 Å². The molecule has 6 heteroatoms. The van der Waals surface area contributed by atoms with Crippen molar-refractivity contribution in [3.8, 4) is 5.75 Å². The highest BCUT2D eigenvalue weighted by Gasteiger charge is 2.09. The van der Waals surface area contributed by atoms with Crippen molar-refractivity contribution in [2.75, 3.05) is 26.3 Å². The number of ether oxygens (including phenoxy) is 3. The average molecular weight is 344 g/mol. The standard InChI is InChI=1S/C18H29NO5/c1-13(2)19-11-16(20)12-24-17-7-5-15(6-8-17)18(21)23-10-9-22-14(3)4/h5-8,13-14,16,19-20H,9-12H2,1-4H3/i11D2,12D2,16D. The summed E-state index contributed by atoms with van der Waals surface area (Å²) in [6.07, 6.45) is -3.24. The summed E-state index contributed by atoms with van der Waals surface area (Å²) in [6.45, 7) is 1.36. The highest BCUT2D eigenvalue weighted by molar-refractivity contribution is 5.89. The van der Waals surface area contributed by atoms with Gasteiger partial charge in [-0.25, -0.2) is 4.79 Å². The van der Waals surface area contributed by atoms with E-state index in [0.29, 0.717) is 0 Å². The lowest BCUT2D eigenvalue weighted by molar-refractivity contribution is 0.0177. The van der Waals surface area contributed by atoms with Crippen LogP contribution in [0.25, 0.3) is 0 Å². The predicted molar refractivity (Wildman–Crippen MR) is 92.5 cm³/mol. The molecule has 1 unspecified atom stereocenters. The summed E-state index contributed by atoms with van der Waals surface area (Å²) < 4.78 is 54.6. The molecule has 1 atom stereocenters. The van der Waals surface area contributed by atoms with Gasteiger partial charge in [-0.15, -0.1) is 0 Å². The van der Waals surface area contributed by atoms with Crippen LogP contribution in [0.15, 0.2) is 24.3 Å². The largest absolute Gasteiger partial charge is 0.491 e. The number of esters is 1. The van der Waals surface area contributed by atoms with Crippen molar-refractivity contribution >= 4 is 5.97 Å². The number of aliphatic hydroxyl groups is 1. The highest BCUT2D eigenvalue weighted by Crippen LogP contribution is 2.13. The van der Waals surface area contributed by atoms with Crippen molar-refractivity contribution in [1.29, 1.82) is 0 Å². The molecule has 0 saturated heterocycles. The zero-order chi connectivity index (χ0) is 22.5. The summed E-state index contributed by atoms with van der Waals surface area (Å²) in [7, 11) is 0. The van der Waals surface area contributed by atoms with Crippen molar-refractivity contribution in [2.24, 2.45) is 0 Å². The van der Waals surface area contributed by atoms with Crippen LogP contribution in [-0.4, -0.2) is 55.6 Å². The molecule has 1 aromatic rings. The molecule has 6 nitrogen and oxygen atoms in total. The van der Waals surface area contributed by atoms with Crippen LogP contribution in [0.3, 0.4) is 0 Å². The van der Waals surface area contributed by atoms with E-state index >= 15 is 0 Å². The molecule has 0 fully saturated rings. The fourth-order valence-electron chi connectivity index (χ4n) is 1.51. The van der Waals surface area contributed by atoms with Crippen LogP contribution in [-0.2, 0) is 9.47 Å². The Morgan fingerprint density at radius 1 is 1.25 bits per heavy atom. The molecule has 1 rings (SSSR count). The summed E-state index contributed by atoms with van der Waals surface area (Å²) >= 11 is 0. The second kappa shape index (κ2) is 11.0. The molecule has 0 heterocycles. The molecular weight excluding hydrogens is 310 g/mol. The molecule has 0 radical (unpaired) electrons. The van der Waals surface area contributed by atoms with Crippen LogP contribution in [0, 0.1) is 0 Å². The van der Waals surface area contributed by atoms with Gasteiger partial charge in [-0.3, -0.25) is 0 Å². The minimum Gasteiger partial charge on any atom is -0.491 e. The molecule has 0 bridgehead atoms. The van der Waals surface area contributed by atoms with Gasteiger partial charge in [-0.1, -0.05) is 13.8 Å². The Morgan fingerprint density at radius 3 is 2.50 bits per heavy atom. The Kier molecular flexibility index (Phi) is 6.26. The Morgan fingerprint density at radius 2 is 1.92 bits per heavy atom. The number of benzene rings is 1. The summed E-state index contributed by atoms with van der Waals surface area (Å²) in [5, 5.41) is 12.5. The van der Waals surface area contributed by atoms with E-state index in [1.807, 2.05) is 13.8 Å². The molecule has 0 spiro atoms. The monoisotopic (exact) mass is 344 g/mol. The smallest absolute Gasteiger partial charge is 0.338 e. The van der Waals surface area contributed by atoms with Crippen LogP contribution >= 0.6 is 0 Å². The third-order valence-corrected chi connectivity index (χ3v) is 2.60. The van der Waals surface area contributed by atoms with Gasteiger partial charge in [0.2, 0.25) is 0 Å². The molecule has 24 heavy (non-hydrogen) atoms. The Bertz CT molecular complexity index is 665. The van der Waals surface area contributed by atoms with Crippen molar-refractivity contribution in [3.05, 3.63) is 29.8 Å². The van der Waals surface area contributed by atoms with E-state index < -0.39 is 31.1 Å². The molecule has 2 N–H and O–H groups in total. The SMILES string of the molecule is [2H]C([2H])(NC(C)C)C([2H])(O)C([2H])([2H])Oc1ccc(C(=O)OCCOC(C)C)cc1. The van der Waals surface area contributed by atoms with E-state index in [9.17, 15) is 9.90 Å². The maximum atomic E-state index is 12.0. The molecular formula is C18H29NO5. The van der Waals surface area contributed by atoms with Crippen molar-refractivity contribution in [3.63, 3.8) is 0 Å². The first-order valence-electron chi connectivity index (χ1n) is 10.3. The minimum atomic E-state index is -3.27. The van der Waals surface area contributed by atoms with Gasteiger partial charge in [0.15, 0.2) is 0 Å². The number of carbonyl (C=O) groups excluding carboxylic acids is 1. The van der Waals surface area contributed by atoms with E-state index in [0.717, 1.165) is 0 Å². The molecule has 0 amide bonds. The van der Waals surface area contributed by atoms with E-state index in [1.54, 1.807) is 13.8 Å². The number of carbonyl (C=O) groups is 1. The summed E-state index contributed by atoms with van der Waals surface area (Å²) in [4.78, 5) is 12.0. The van der Waals surface area contributed by atoms with E-state index in [1.165, 1.54) is 24.3 Å². The normalized spacial score (nSPS) is 18.0. The molecule has 1 aromatic carbocycles. The van der Waals surface area contributed by atoms with Crippen molar-refractivity contribution in [2.45, 2.75) is 45.9 Å². The lowest BCUT2D eigenvalue weighted by atomic mass is 10.2. The third-order valence-electron chi connectivity index (χ3n) is 2.60. The first kappa shape index (κ1) is 13.6. The second-order valence-electron chi connectivity index (χ2n) is 5.56. The fraction of sp³-hybridized carbons (Fsp3) is 0.611. The van der Waals surface area contributed by atoms with E-state index in [4.69, 9.17) is 21.1 Å². The Hall–Kier alpha value is -1.63. The zero-order valence-corrected chi connectivity index (χ0v) is 14.5. The van der Waals surface area contributed by atoms with E-state index in [-0.39, 0.29) is 30.6 Å². The molecule has 0 aromatic heterocycles. The third kappa shape index (κ3) is 8.86. The molecule has 136 valence electrons. The molecule has 0 aliphatic heterocycles. The Labute approximate surface area is 151 Å². The van der Waals surface area contributed by atoms with Gasteiger partial charge < -0.3 is 24.6 Å². The number of nitrogens with one attached hydrogen (secondary N) is 1. The van der Waals surface area contributed by atoms with Gasteiger partial charge in [0, 0.05) is 15.3 Å². The topological polar surface area (TPSA) is 77.0 Å². The maximum Gasteiger partial charge on any atom is 0.338 e. The van der Waals surface area contributed by atoms with E-state index in [2.05, 4.69) is 5.32 Å². The minimum absolute atomic E-state index is 0.0257. The summed E-state index contributed by atoms with van der Waals surface area (Å²) in [5.41, 5.74) is 0.195. The summed E-state index contributed by atoms with van der Waals surface area (Å²) in [5.74, 6) is -0.693. The quantitative estimate of drug-likeness (QED) is 0.472. The molecule has 0 saturated carbocycles. The first-order valence-corrected chi connectivity index (χ1v) is 7.77. The Balaban J connectivity index is 2.79. The first-order chi connectivity index (χ1) is 13.2. The van der Waals surface area contributed by atoms with Crippen molar-refractivity contribution in [1.82, 2.24) is 5.32 Å². The lowest BCUT2D eigenvalue weighted by Gasteiger charge is -2.15. The van der Waals surface area contributed by atoms with Crippen LogP contribution in [0.4, 0.5) is 0 Å². The van der Waals surface area contributed by atoms with Crippen LogP contribution in [0.2, 0.25) is 0 Å². The van der Waals surface area contributed by atoms with Gasteiger partial charge in [0.1, 0.15) is 25.0 Å². The van der Waals surface area contributed by atoms with Crippen LogP contribution < -0.4 is 10.1 Å². The average Bonchev–Trinajstić information content (AvgIpc) is 2.57. The predicted octanol–water partition coefficient (Wildman–Crippen LogP) is 2.01. The maximum absolute atomic E-state index is 12.0. The molecule has 0 aliphatic carbocycles. The molecule has 0 aliphatic rings. The lowest BCUT2D eigenvalue weighted by Crippen LogP contribution is -2.35. The van der Waals surface area contributed by atoms with Crippen molar-refractivity contribution < 1.29 is 31.0 Å². The van der Waals surface area contributed by atoms with Crippen LogP contribution in [0.1, 0.15) is 44.9 Å². The summed E-state index contributed by atoms with van der Waals surface area (Å²) in [6, 6.07) is 4.75. The zero-order valence-electron chi connectivity index (χ0n) is 19.5. The second-order valence-corrected chi connectivity index (χ2v) is 5.56. The van der Waals surface area contributed by atoms with Gasteiger partial charge in [-0.2, -0.15) is 0 Å². The van der Waals surface area contributed by atoms with Gasteiger partial charge in [-0.05, 0) is 38.1 Å². The fourth-order valence-corrected chi connectivity index (χ4v) is 1.51. The highest BCUT2D eigenvalue weighted by atomic mass is 16.6. The van der Waals surface area contributed by atoms with Gasteiger partial charge in [0.25, 0.3) is 0 Å². The van der Waals surface area contributed by atoms with Crippen LogP contribution in [0.5, 0.6) is 5.75 Å². The van der Waals surface area contributed by atoms with Gasteiger partial charge in [0.05, 0.1) is 22.4 Å². The number of hydrogen-bond donors (Lipinski definition) is 2. The number of hydrogen-bond acceptors (Lipinski definition) is 6. The number of rotatable bonds is 11.